The van der Waals surface area contributed by atoms with Gasteiger partial charge in [0.15, 0.2) is 11.5 Å². The number of imidazole rings is 1. The first-order valence-corrected chi connectivity index (χ1v) is 8.53. The van der Waals surface area contributed by atoms with Gasteiger partial charge in [0.1, 0.15) is 5.82 Å². The fourth-order valence-electron chi connectivity index (χ4n) is 2.97. The van der Waals surface area contributed by atoms with Crippen LogP contribution in [0.4, 0.5) is 10.1 Å². The molecule has 0 spiro atoms. The third kappa shape index (κ3) is 3.91. The summed E-state index contributed by atoms with van der Waals surface area (Å²) in [6.07, 6.45) is 2.55. The second kappa shape index (κ2) is 8.09. The van der Waals surface area contributed by atoms with Gasteiger partial charge in [-0.1, -0.05) is 0 Å². The molecule has 1 aliphatic rings. The lowest BCUT2D eigenvalue weighted by atomic mass is 10.1. The zero-order valence-electron chi connectivity index (χ0n) is 14.5. The number of methoxy groups -OCH3 is 1. The number of anilines is 1. The van der Waals surface area contributed by atoms with Crippen molar-refractivity contribution in [2.45, 2.75) is 25.8 Å². The van der Waals surface area contributed by atoms with Crippen molar-refractivity contribution in [3.63, 3.8) is 0 Å². The fraction of sp³-hybridized carbons (Fsp3) is 0.389. The number of nitrogens with zero attached hydrogens (tertiary/aromatic N) is 2. The molecule has 0 aliphatic carbocycles. The van der Waals surface area contributed by atoms with Gasteiger partial charge in [-0.25, -0.2) is 9.37 Å². The Morgan fingerprint density at radius 2 is 2.00 bits per heavy atom. The van der Waals surface area contributed by atoms with Crippen LogP contribution >= 0.6 is 0 Å². The van der Waals surface area contributed by atoms with Crippen LogP contribution in [0.5, 0.6) is 0 Å². The quantitative estimate of drug-likeness (QED) is 0.772. The zero-order chi connectivity index (χ0) is 18.5. The van der Waals surface area contributed by atoms with Crippen LogP contribution in [0.25, 0.3) is 0 Å². The van der Waals surface area contributed by atoms with Gasteiger partial charge in [0.05, 0.1) is 12.3 Å². The summed E-state index contributed by atoms with van der Waals surface area (Å²) in [7, 11) is 1.56. The highest BCUT2D eigenvalue weighted by molar-refractivity contribution is 6.05. The molecule has 1 aromatic carbocycles. The predicted molar refractivity (Wildman–Crippen MR) is 93.7 cm³/mol. The molecule has 2 amide bonds. The maximum absolute atomic E-state index is 13.0. The molecule has 0 saturated heterocycles. The first-order valence-electron chi connectivity index (χ1n) is 8.53. The minimum atomic E-state index is -0.404. The second-order valence-electron chi connectivity index (χ2n) is 6.05. The maximum atomic E-state index is 13.0. The van der Waals surface area contributed by atoms with Crippen LogP contribution in [-0.4, -0.2) is 41.6 Å². The Bertz CT molecular complexity index is 802. The highest BCUT2D eigenvalue weighted by Crippen LogP contribution is 2.22. The lowest BCUT2D eigenvalue weighted by Crippen LogP contribution is -2.30. The number of carbonyl (C=O) groups excluding carboxylic acids is 2. The standard InChI is InChI=1S/C18H21FN4O3/c1-26-11-9-20-18(25)16-22-15(14-4-2-3-10-23(14)16)17(24)21-13-7-5-12(19)6-8-13/h5-8H,2-4,9-11H2,1H3,(H,20,25)(H,21,24). The molecule has 7 nitrogen and oxygen atoms in total. The van der Waals surface area contributed by atoms with Crippen molar-refractivity contribution in [2.24, 2.45) is 0 Å². The van der Waals surface area contributed by atoms with Gasteiger partial charge in [0, 0.05) is 25.9 Å². The highest BCUT2D eigenvalue weighted by Gasteiger charge is 2.27. The third-order valence-corrected chi connectivity index (χ3v) is 4.23. The van der Waals surface area contributed by atoms with Crippen LogP contribution in [0.2, 0.25) is 0 Å². The van der Waals surface area contributed by atoms with Crippen LogP contribution < -0.4 is 10.6 Å². The third-order valence-electron chi connectivity index (χ3n) is 4.23. The molecule has 1 aliphatic heterocycles. The number of hydrogen-bond donors (Lipinski definition) is 2. The van der Waals surface area contributed by atoms with E-state index in [0.29, 0.717) is 31.8 Å². The van der Waals surface area contributed by atoms with Crippen molar-refractivity contribution in [1.82, 2.24) is 14.9 Å². The van der Waals surface area contributed by atoms with Gasteiger partial charge in [-0.3, -0.25) is 9.59 Å². The van der Waals surface area contributed by atoms with Gasteiger partial charge in [0.2, 0.25) is 0 Å². The van der Waals surface area contributed by atoms with Crippen LogP contribution in [0.15, 0.2) is 24.3 Å². The zero-order valence-corrected chi connectivity index (χ0v) is 14.5. The number of amides is 2. The smallest absolute Gasteiger partial charge is 0.287 e. The van der Waals surface area contributed by atoms with Gasteiger partial charge < -0.3 is 19.9 Å². The van der Waals surface area contributed by atoms with Crippen LogP contribution in [0.1, 0.15) is 39.6 Å². The Labute approximate surface area is 150 Å². The average Bonchev–Trinajstić information content (AvgIpc) is 3.04. The SMILES string of the molecule is COCCNC(=O)c1nc(C(=O)Nc2ccc(F)cc2)c2n1CCCC2. The summed E-state index contributed by atoms with van der Waals surface area (Å²) < 4.78 is 19.7. The molecular formula is C18H21FN4O3. The largest absolute Gasteiger partial charge is 0.383 e. The Morgan fingerprint density at radius 3 is 2.73 bits per heavy atom. The van der Waals surface area contributed by atoms with Gasteiger partial charge >= 0.3 is 0 Å². The number of ether oxygens (including phenoxy) is 1. The summed E-state index contributed by atoms with van der Waals surface area (Å²) in [4.78, 5) is 29.3. The summed E-state index contributed by atoms with van der Waals surface area (Å²) in [6, 6.07) is 5.50. The van der Waals surface area contributed by atoms with Gasteiger partial charge in [0.25, 0.3) is 11.8 Å². The molecule has 0 atom stereocenters. The molecule has 2 aromatic rings. The molecule has 0 fully saturated rings. The van der Waals surface area contributed by atoms with Gasteiger partial charge in [-0.2, -0.15) is 0 Å². The molecule has 0 saturated carbocycles. The van der Waals surface area contributed by atoms with E-state index in [0.717, 1.165) is 18.5 Å². The molecule has 8 heteroatoms. The summed E-state index contributed by atoms with van der Waals surface area (Å²) in [5.74, 6) is -0.873. The van der Waals surface area contributed by atoms with Gasteiger partial charge in [-0.05, 0) is 43.5 Å². The summed E-state index contributed by atoms with van der Waals surface area (Å²) >= 11 is 0. The van der Waals surface area contributed by atoms with Crippen molar-refractivity contribution in [1.29, 1.82) is 0 Å². The number of hydrogen-bond acceptors (Lipinski definition) is 4. The number of nitrogens with one attached hydrogen (secondary N) is 2. The van der Waals surface area contributed by atoms with E-state index in [-0.39, 0.29) is 23.2 Å². The maximum Gasteiger partial charge on any atom is 0.287 e. The second-order valence-corrected chi connectivity index (χ2v) is 6.05. The van der Waals surface area contributed by atoms with Crippen molar-refractivity contribution in [2.75, 3.05) is 25.6 Å². The van der Waals surface area contributed by atoms with E-state index in [1.807, 2.05) is 4.57 Å². The van der Waals surface area contributed by atoms with Crippen LogP contribution in [0, 0.1) is 5.82 Å². The molecule has 0 radical (unpaired) electrons. The first-order chi connectivity index (χ1) is 12.6. The highest BCUT2D eigenvalue weighted by atomic mass is 19.1. The van der Waals surface area contributed by atoms with E-state index in [1.165, 1.54) is 24.3 Å². The number of aromatic nitrogens is 2. The number of fused-ring (bicyclic) bond motifs is 1. The fourth-order valence-corrected chi connectivity index (χ4v) is 2.97. The summed E-state index contributed by atoms with van der Waals surface area (Å²) in [6.45, 7) is 1.42. The lowest BCUT2D eigenvalue weighted by Gasteiger charge is -2.17. The molecular weight excluding hydrogens is 339 g/mol. The number of rotatable bonds is 6. The van der Waals surface area contributed by atoms with Crippen molar-refractivity contribution < 1.29 is 18.7 Å². The topological polar surface area (TPSA) is 85.2 Å². The number of halogens is 1. The van der Waals surface area contributed by atoms with Gasteiger partial charge in [-0.15, -0.1) is 0 Å². The molecule has 2 heterocycles. The minimum absolute atomic E-state index is 0.236. The van der Waals surface area contributed by atoms with E-state index >= 15 is 0 Å². The number of benzene rings is 1. The predicted octanol–water partition coefficient (Wildman–Crippen LogP) is 1.99. The molecule has 0 bridgehead atoms. The van der Waals surface area contributed by atoms with E-state index in [1.54, 1.807) is 7.11 Å². The molecule has 2 N–H and O–H groups in total. The Hall–Kier alpha value is -2.74. The molecule has 0 unspecified atom stereocenters. The number of carbonyl (C=O) groups is 2. The summed E-state index contributed by atoms with van der Waals surface area (Å²) in [5.41, 5.74) is 1.47. The Balaban J connectivity index is 1.83. The average molecular weight is 360 g/mol. The lowest BCUT2D eigenvalue weighted by molar-refractivity contribution is 0.0921. The monoisotopic (exact) mass is 360 g/mol. The van der Waals surface area contributed by atoms with E-state index < -0.39 is 5.91 Å². The molecule has 1 aromatic heterocycles. The van der Waals surface area contributed by atoms with Crippen molar-refractivity contribution >= 4 is 17.5 Å². The summed E-state index contributed by atoms with van der Waals surface area (Å²) in [5, 5.41) is 5.44. The van der Waals surface area contributed by atoms with Crippen LogP contribution in [-0.2, 0) is 17.7 Å². The first kappa shape index (κ1) is 18.1. The van der Waals surface area contributed by atoms with Crippen molar-refractivity contribution in [3.8, 4) is 0 Å². The van der Waals surface area contributed by atoms with Crippen molar-refractivity contribution in [3.05, 3.63) is 47.3 Å². The van der Waals surface area contributed by atoms with Crippen LogP contribution in [0.3, 0.4) is 0 Å². The minimum Gasteiger partial charge on any atom is -0.383 e. The molecule has 138 valence electrons. The van der Waals surface area contributed by atoms with E-state index in [9.17, 15) is 14.0 Å². The van der Waals surface area contributed by atoms with E-state index in [4.69, 9.17) is 4.74 Å². The van der Waals surface area contributed by atoms with E-state index in [2.05, 4.69) is 15.6 Å². The Kier molecular flexibility index (Phi) is 5.62. The molecule has 26 heavy (non-hydrogen) atoms. The normalized spacial score (nSPS) is 13.2. The Morgan fingerprint density at radius 1 is 1.23 bits per heavy atom. The molecule has 3 rings (SSSR count).